The Labute approximate surface area is 144 Å². The smallest absolute Gasteiger partial charge is 0.120 e. The monoisotopic (exact) mass is 337 g/mol. The van der Waals surface area contributed by atoms with Crippen molar-refractivity contribution in [2.24, 2.45) is 5.92 Å². The van der Waals surface area contributed by atoms with E-state index in [0.717, 1.165) is 54.8 Å². The van der Waals surface area contributed by atoms with Crippen molar-refractivity contribution in [2.75, 3.05) is 19.0 Å². The summed E-state index contributed by atoms with van der Waals surface area (Å²) in [6.07, 6.45) is 6.30. The molecule has 3 unspecified atom stereocenters. The first-order valence-corrected chi connectivity index (χ1v) is 8.96. The zero-order valence-electron chi connectivity index (χ0n) is 14.4. The highest BCUT2D eigenvalue weighted by Crippen LogP contribution is 2.37. The van der Waals surface area contributed by atoms with Crippen LogP contribution in [0.15, 0.2) is 12.1 Å². The Bertz CT molecular complexity index is 532. The van der Waals surface area contributed by atoms with Crippen LogP contribution < -0.4 is 5.32 Å². The second-order valence-corrected chi connectivity index (χ2v) is 7.09. The maximum Gasteiger partial charge on any atom is 0.120 e. The largest absolute Gasteiger partial charge is 0.387 e. The summed E-state index contributed by atoms with van der Waals surface area (Å²) in [5.74, 6) is 0.894. The normalized spacial score (nSPS) is 22.6. The lowest BCUT2D eigenvalue weighted by molar-refractivity contribution is -0.108. The van der Waals surface area contributed by atoms with E-state index in [2.05, 4.69) is 25.2 Å². The molecule has 1 aromatic rings. The average molecular weight is 338 g/mol. The number of hydrogen-bond acceptors (Lipinski definition) is 3. The minimum absolute atomic E-state index is 0.199. The number of anilines is 1. The molecular weight excluding hydrogens is 310 g/mol. The molecule has 0 aliphatic carbocycles. The Balaban J connectivity index is 2.11. The van der Waals surface area contributed by atoms with Gasteiger partial charge in [0.2, 0.25) is 0 Å². The summed E-state index contributed by atoms with van der Waals surface area (Å²) < 4.78 is 5.63. The molecule has 0 radical (unpaired) electrons. The number of hydrogen-bond donors (Lipinski definition) is 1. The second-order valence-electron chi connectivity index (χ2n) is 6.71. The van der Waals surface area contributed by atoms with Crippen molar-refractivity contribution in [3.05, 3.63) is 28.3 Å². The van der Waals surface area contributed by atoms with Gasteiger partial charge in [0.25, 0.3) is 0 Å². The molecule has 1 aliphatic heterocycles. The van der Waals surface area contributed by atoms with E-state index in [1.165, 1.54) is 5.56 Å². The molecule has 0 aromatic heterocycles. The van der Waals surface area contributed by atoms with Crippen LogP contribution in [0.2, 0.25) is 5.02 Å². The quantitative estimate of drug-likeness (QED) is 0.715. The van der Waals surface area contributed by atoms with Crippen molar-refractivity contribution in [2.45, 2.75) is 58.0 Å². The van der Waals surface area contributed by atoms with E-state index in [4.69, 9.17) is 16.3 Å². The molecule has 1 saturated heterocycles. The lowest BCUT2D eigenvalue weighted by Crippen LogP contribution is -2.23. The maximum absolute atomic E-state index is 11.2. The molecule has 1 aromatic carbocycles. The molecule has 23 heavy (non-hydrogen) atoms. The van der Waals surface area contributed by atoms with Crippen LogP contribution in [0.5, 0.6) is 0 Å². The van der Waals surface area contributed by atoms with Crippen molar-refractivity contribution in [1.82, 2.24) is 0 Å². The summed E-state index contributed by atoms with van der Waals surface area (Å²) in [5, 5.41) is 3.90. The standard InChI is InChI=1S/C19H28ClNO2/c1-13-10-17(19(20)18(11-13)21-3)16(6-8-22)5-4-15-7-9-23-14(2)12-15/h8,10-11,14-16,21H,4-7,9,12H2,1-3H3. The summed E-state index contributed by atoms with van der Waals surface area (Å²) in [5.41, 5.74) is 3.21. The number of halogens is 1. The fourth-order valence-corrected chi connectivity index (χ4v) is 3.94. The van der Waals surface area contributed by atoms with E-state index in [9.17, 15) is 4.79 Å². The third-order valence-electron chi connectivity index (χ3n) is 4.85. The van der Waals surface area contributed by atoms with Gasteiger partial charge >= 0.3 is 0 Å². The first kappa shape index (κ1) is 18.3. The highest BCUT2D eigenvalue weighted by molar-refractivity contribution is 6.34. The van der Waals surface area contributed by atoms with Gasteiger partial charge in [0.05, 0.1) is 16.8 Å². The number of rotatable bonds is 7. The summed E-state index contributed by atoms with van der Waals surface area (Å²) >= 11 is 6.56. The molecule has 3 nitrogen and oxygen atoms in total. The predicted molar refractivity (Wildman–Crippen MR) is 96.5 cm³/mol. The number of ether oxygens (including phenoxy) is 1. The first-order valence-electron chi connectivity index (χ1n) is 8.58. The van der Waals surface area contributed by atoms with E-state index in [1.54, 1.807) is 0 Å². The topological polar surface area (TPSA) is 38.3 Å². The van der Waals surface area contributed by atoms with Crippen LogP contribution in [0, 0.1) is 12.8 Å². The molecule has 128 valence electrons. The van der Waals surface area contributed by atoms with Crippen molar-refractivity contribution < 1.29 is 9.53 Å². The van der Waals surface area contributed by atoms with Crippen molar-refractivity contribution >= 4 is 23.6 Å². The number of benzene rings is 1. The van der Waals surface area contributed by atoms with Gasteiger partial charge in [0.1, 0.15) is 6.29 Å². The molecule has 3 atom stereocenters. The van der Waals surface area contributed by atoms with E-state index in [1.807, 2.05) is 13.1 Å². The van der Waals surface area contributed by atoms with Gasteiger partial charge in [-0.25, -0.2) is 0 Å². The average Bonchev–Trinajstić information content (AvgIpc) is 2.53. The van der Waals surface area contributed by atoms with Gasteiger partial charge < -0.3 is 14.8 Å². The van der Waals surface area contributed by atoms with Gasteiger partial charge in [0, 0.05) is 20.1 Å². The number of nitrogens with one attached hydrogen (secondary N) is 1. The molecule has 1 aliphatic rings. The third kappa shape index (κ3) is 4.95. The summed E-state index contributed by atoms with van der Waals surface area (Å²) in [6.45, 7) is 5.07. The lowest BCUT2D eigenvalue weighted by Gasteiger charge is -2.28. The van der Waals surface area contributed by atoms with Crippen molar-refractivity contribution in [3.8, 4) is 0 Å². The van der Waals surface area contributed by atoms with Gasteiger partial charge in [0.15, 0.2) is 0 Å². The summed E-state index contributed by atoms with van der Waals surface area (Å²) in [4.78, 5) is 11.2. The molecule has 1 heterocycles. The van der Waals surface area contributed by atoms with Crippen LogP contribution in [-0.4, -0.2) is 26.0 Å². The SMILES string of the molecule is CNc1cc(C)cc(C(CC=O)CCC2CCOC(C)C2)c1Cl. The van der Waals surface area contributed by atoms with Crippen LogP contribution in [0.4, 0.5) is 5.69 Å². The van der Waals surface area contributed by atoms with Crippen LogP contribution in [0.25, 0.3) is 0 Å². The molecule has 0 amide bonds. The second kappa shape index (κ2) is 8.70. The zero-order chi connectivity index (χ0) is 16.8. The van der Waals surface area contributed by atoms with Crippen LogP contribution in [0.1, 0.15) is 56.1 Å². The van der Waals surface area contributed by atoms with Gasteiger partial charge in [-0.1, -0.05) is 17.7 Å². The first-order chi connectivity index (χ1) is 11.0. The number of carbonyl (C=O) groups excluding carboxylic acids is 1. The summed E-state index contributed by atoms with van der Waals surface area (Å²) in [6, 6.07) is 4.17. The van der Waals surface area contributed by atoms with Crippen LogP contribution in [-0.2, 0) is 9.53 Å². The molecule has 0 spiro atoms. The number of carbonyl (C=O) groups is 1. The lowest BCUT2D eigenvalue weighted by atomic mass is 9.84. The van der Waals surface area contributed by atoms with Gasteiger partial charge in [-0.3, -0.25) is 0 Å². The Hall–Kier alpha value is -1.06. The maximum atomic E-state index is 11.2. The highest BCUT2D eigenvalue weighted by Gasteiger charge is 2.23. The van der Waals surface area contributed by atoms with Gasteiger partial charge in [-0.05, 0) is 68.6 Å². The molecule has 2 rings (SSSR count). The predicted octanol–water partition coefficient (Wildman–Crippen LogP) is 4.96. The van der Waals surface area contributed by atoms with Crippen molar-refractivity contribution in [3.63, 3.8) is 0 Å². The minimum Gasteiger partial charge on any atom is -0.387 e. The minimum atomic E-state index is 0.199. The van der Waals surface area contributed by atoms with E-state index in [0.29, 0.717) is 18.4 Å². The number of aldehydes is 1. The van der Waals surface area contributed by atoms with Gasteiger partial charge in [-0.15, -0.1) is 0 Å². The van der Waals surface area contributed by atoms with E-state index < -0.39 is 0 Å². The Morgan fingerprint density at radius 2 is 2.26 bits per heavy atom. The number of aryl methyl sites for hydroxylation is 1. The molecular formula is C19H28ClNO2. The fourth-order valence-electron chi connectivity index (χ4n) is 3.58. The molecule has 0 saturated carbocycles. The molecule has 1 N–H and O–H groups in total. The highest BCUT2D eigenvalue weighted by atomic mass is 35.5. The Morgan fingerprint density at radius 3 is 2.91 bits per heavy atom. The zero-order valence-corrected chi connectivity index (χ0v) is 15.2. The van der Waals surface area contributed by atoms with Crippen LogP contribution in [0.3, 0.4) is 0 Å². The molecule has 0 bridgehead atoms. The Kier molecular flexibility index (Phi) is 6.91. The molecule has 4 heteroatoms. The fraction of sp³-hybridized carbons (Fsp3) is 0.632. The van der Waals surface area contributed by atoms with E-state index in [-0.39, 0.29) is 5.92 Å². The molecule has 1 fully saturated rings. The van der Waals surface area contributed by atoms with Crippen molar-refractivity contribution in [1.29, 1.82) is 0 Å². The van der Waals surface area contributed by atoms with Gasteiger partial charge in [-0.2, -0.15) is 0 Å². The third-order valence-corrected chi connectivity index (χ3v) is 5.27. The summed E-state index contributed by atoms with van der Waals surface area (Å²) in [7, 11) is 1.88. The Morgan fingerprint density at radius 1 is 1.48 bits per heavy atom. The van der Waals surface area contributed by atoms with E-state index >= 15 is 0 Å². The van der Waals surface area contributed by atoms with Crippen LogP contribution >= 0.6 is 11.6 Å².